The lowest BCUT2D eigenvalue weighted by Gasteiger charge is -2.13. The number of aromatic nitrogens is 1. The summed E-state index contributed by atoms with van der Waals surface area (Å²) in [6.45, 7) is -0.389. The van der Waals surface area contributed by atoms with Crippen molar-refractivity contribution in [1.29, 1.82) is 0 Å². The maximum Gasteiger partial charge on any atom is 0.326 e. The average Bonchev–Trinajstić information content (AvgIpc) is 2.35. The van der Waals surface area contributed by atoms with E-state index in [1.807, 2.05) is 0 Å². The van der Waals surface area contributed by atoms with Crippen molar-refractivity contribution in [1.82, 2.24) is 10.3 Å². The molecule has 0 bridgehead atoms. The molecule has 0 aliphatic heterocycles. The van der Waals surface area contributed by atoms with Crippen LogP contribution in [0.4, 0.5) is 0 Å². The number of aliphatic hydroxyl groups excluding tert-OH is 1. The number of halogens is 3. The Morgan fingerprint density at radius 3 is 2.47 bits per heavy atom. The second-order valence-corrected chi connectivity index (χ2v) is 4.62. The Kier molecular flexibility index (Phi) is 5.81. The van der Waals surface area contributed by atoms with Gasteiger partial charge in [0.1, 0.15) is 11.7 Å². The molecular weight excluding hydrogens is 318 g/mol. The molecule has 0 unspecified atom stereocenters. The van der Waals surface area contributed by atoms with Crippen LogP contribution >= 0.6 is 34.8 Å². The van der Waals surface area contributed by atoms with Crippen LogP contribution < -0.4 is 5.32 Å². The van der Waals surface area contributed by atoms with Crippen molar-refractivity contribution in [2.75, 3.05) is 6.61 Å². The van der Waals surface area contributed by atoms with Gasteiger partial charge < -0.3 is 15.5 Å². The Morgan fingerprint density at radius 1 is 1.32 bits per heavy atom. The third-order valence-electron chi connectivity index (χ3n) is 2.15. The summed E-state index contributed by atoms with van der Waals surface area (Å²) in [6, 6.07) is -1.25. The average molecular weight is 328 g/mol. The molecule has 0 aliphatic rings. The van der Waals surface area contributed by atoms with Crippen LogP contribution in [0.2, 0.25) is 15.1 Å². The van der Waals surface area contributed by atoms with E-state index in [9.17, 15) is 9.59 Å². The van der Waals surface area contributed by atoms with Gasteiger partial charge in [0.2, 0.25) is 0 Å². The zero-order valence-corrected chi connectivity index (χ0v) is 11.6. The zero-order valence-electron chi connectivity index (χ0n) is 9.36. The van der Waals surface area contributed by atoms with Crippen LogP contribution in [0.1, 0.15) is 16.9 Å². The summed E-state index contributed by atoms with van der Waals surface area (Å²) in [5.41, 5.74) is -0.236. The molecule has 0 saturated carbocycles. The standard InChI is InChI=1S/C10H9Cl3N2O4/c11-4-3-14-8(7(13)6(4)12)9(17)15-5(1-2-16)10(18)19/h3,5,16H,1-2H2,(H,15,17)(H,18,19)/t5-/m1/s1. The summed E-state index contributed by atoms with van der Waals surface area (Å²) in [7, 11) is 0. The van der Waals surface area contributed by atoms with Crippen LogP contribution in [-0.4, -0.2) is 39.7 Å². The molecule has 19 heavy (non-hydrogen) atoms. The summed E-state index contributed by atoms with van der Waals surface area (Å²) in [6.07, 6.45) is 0.993. The number of aliphatic hydroxyl groups is 1. The van der Waals surface area contributed by atoms with Crippen LogP contribution in [-0.2, 0) is 4.79 Å². The third-order valence-corrected chi connectivity index (χ3v) is 3.39. The smallest absolute Gasteiger partial charge is 0.326 e. The minimum absolute atomic E-state index is 0.0440. The first-order valence-corrected chi connectivity index (χ1v) is 6.16. The van der Waals surface area contributed by atoms with Crippen LogP contribution in [0.25, 0.3) is 0 Å². The molecule has 1 amide bonds. The van der Waals surface area contributed by atoms with Gasteiger partial charge in [-0.3, -0.25) is 4.79 Å². The van der Waals surface area contributed by atoms with E-state index in [2.05, 4.69) is 10.3 Å². The molecule has 0 fully saturated rings. The SMILES string of the molecule is O=C(N[C@H](CCO)C(=O)O)c1ncc(Cl)c(Cl)c1Cl. The predicted molar refractivity (Wildman–Crippen MR) is 69.9 cm³/mol. The van der Waals surface area contributed by atoms with E-state index in [1.54, 1.807) is 0 Å². The molecule has 104 valence electrons. The molecule has 1 aromatic heterocycles. The molecule has 0 saturated heterocycles. The Labute approximate surface area is 123 Å². The minimum atomic E-state index is -1.28. The summed E-state index contributed by atoms with van der Waals surface area (Å²) in [5.74, 6) is -2.09. The number of pyridine rings is 1. The van der Waals surface area contributed by atoms with E-state index >= 15 is 0 Å². The Bertz CT molecular complexity index is 510. The highest BCUT2D eigenvalue weighted by molar-refractivity contribution is 6.48. The zero-order chi connectivity index (χ0) is 14.6. The molecule has 1 aromatic rings. The number of carboxylic acid groups (broad SMARTS) is 1. The molecular formula is C10H9Cl3N2O4. The number of hydrogen-bond donors (Lipinski definition) is 3. The third kappa shape index (κ3) is 3.94. The number of nitrogens with one attached hydrogen (secondary N) is 1. The first kappa shape index (κ1) is 16.0. The van der Waals surface area contributed by atoms with Gasteiger partial charge in [0.05, 0.1) is 15.1 Å². The number of carbonyl (C=O) groups is 2. The molecule has 0 aromatic carbocycles. The van der Waals surface area contributed by atoms with Crippen molar-refractivity contribution in [3.8, 4) is 0 Å². The molecule has 0 radical (unpaired) electrons. The van der Waals surface area contributed by atoms with Crippen molar-refractivity contribution in [3.05, 3.63) is 27.0 Å². The lowest BCUT2D eigenvalue weighted by molar-refractivity contribution is -0.139. The molecule has 9 heteroatoms. The van der Waals surface area contributed by atoms with Crippen molar-refractivity contribution in [2.24, 2.45) is 0 Å². The monoisotopic (exact) mass is 326 g/mol. The van der Waals surface area contributed by atoms with Crippen molar-refractivity contribution >= 4 is 46.7 Å². The number of hydrogen-bond acceptors (Lipinski definition) is 4. The molecule has 3 N–H and O–H groups in total. The fourth-order valence-corrected chi connectivity index (χ4v) is 1.78. The van der Waals surface area contributed by atoms with Gasteiger partial charge in [0.15, 0.2) is 0 Å². The first-order chi connectivity index (χ1) is 8.88. The van der Waals surface area contributed by atoms with E-state index < -0.39 is 17.9 Å². The normalized spacial score (nSPS) is 12.0. The van der Waals surface area contributed by atoms with Gasteiger partial charge in [-0.25, -0.2) is 9.78 Å². The Hall–Kier alpha value is -1.08. The highest BCUT2D eigenvalue weighted by Gasteiger charge is 2.23. The topological polar surface area (TPSA) is 99.5 Å². The van der Waals surface area contributed by atoms with Gasteiger partial charge in [-0.2, -0.15) is 0 Å². The lowest BCUT2D eigenvalue weighted by atomic mass is 10.2. The number of carboxylic acids is 1. The number of nitrogens with zero attached hydrogens (tertiary/aromatic N) is 1. The summed E-state index contributed by atoms with van der Waals surface area (Å²) in [4.78, 5) is 26.3. The van der Waals surface area contributed by atoms with E-state index in [4.69, 9.17) is 45.0 Å². The van der Waals surface area contributed by atoms with Gasteiger partial charge in [0.25, 0.3) is 5.91 Å². The first-order valence-electron chi connectivity index (χ1n) is 5.02. The number of amides is 1. The fraction of sp³-hybridized carbons (Fsp3) is 0.300. The van der Waals surface area contributed by atoms with Crippen molar-refractivity contribution in [2.45, 2.75) is 12.5 Å². The molecule has 1 heterocycles. The maximum absolute atomic E-state index is 11.8. The minimum Gasteiger partial charge on any atom is -0.480 e. The second kappa shape index (κ2) is 6.91. The Balaban J connectivity index is 2.95. The summed E-state index contributed by atoms with van der Waals surface area (Å²) in [5, 5.41) is 19.6. The molecule has 0 spiro atoms. The maximum atomic E-state index is 11.8. The van der Waals surface area contributed by atoms with E-state index in [1.165, 1.54) is 0 Å². The molecule has 0 aliphatic carbocycles. The van der Waals surface area contributed by atoms with Crippen LogP contribution in [0.15, 0.2) is 6.20 Å². The van der Waals surface area contributed by atoms with E-state index in [0.29, 0.717) is 0 Å². The number of aliphatic carboxylic acids is 1. The molecule has 1 atom stereocenters. The van der Waals surface area contributed by atoms with Gasteiger partial charge >= 0.3 is 5.97 Å². The fourth-order valence-electron chi connectivity index (χ4n) is 1.21. The summed E-state index contributed by atoms with van der Waals surface area (Å²) < 4.78 is 0. The van der Waals surface area contributed by atoms with Crippen molar-refractivity contribution in [3.63, 3.8) is 0 Å². The van der Waals surface area contributed by atoms with E-state index in [0.717, 1.165) is 6.20 Å². The van der Waals surface area contributed by atoms with Crippen LogP contribution in [0.5, 0.6) is 0 Å². The number of carbonyl (C=O) groups excluding carboxylic acids is 1. The summed E-state index contributed by atoms with van der Waals surface area (Å²) >= 11 is 17.2. The Morgan fingerprint density at radius 2 is 1.95 bits per heavy atom. The van der Waals surface area contributed by atoms with Gasteiger partial charge in [-0.05, 0) is 0 Å². The highest BCUT2D eigenvalue weighted by atomic mass is 35.5. The molecule has 6 nitrogen and oxygen atoms in total. The van der Waals surface area contributed by atoms with Gasteiger partial charge in [-0.15, -0.1) is 0 Å². The second-order valence-electron chi connectivity index (χ2n) is 3.46. The van der Waals surface area contributed by atoms with Crippen molar-refractivity contribution < 1.29 is 19.8 Å². The van der Waals surface area contributed by atoms with Crippen LogP contribution in [0.3, 0.4) is 0 Å². The van der Waals surface area contributed by atoms with Gasteiger partial charge in [0, 0.05) is 19.2 Å². The van der Waals surface area contributed by atoms with Gasteiger partial charge in [-0.1, -0.05) is 34.8 Å². The largest absolute Gasteiger partial charge is 0.480 e. The van der Waals surface area contributed by atoms with Crippen LogP contribution in [0, 0.1) is 0 Å². The predicted octanol–water partition coefficient (Wildman–Crippen LogP) is 1.61. The lowest BCUT2D eigenvalue weighted by Crippen LogP contribution is -2.41. The highest BCUT2D eigenvalue weighted by Crippen LogP contribution is 2.30. The van der Waals surface area contributed by atoms with E-state index in [-0.39, 0.29) is 33.8 Å². The molecule has 1 rings (SSSR count). The number of rotatable bonds is 5. The quantitative estimate of drug-likeness (QED) is 0.763.